The van der Waals surface area contributed by atoms with E-state index in [1.807, 2.05) is 18.2 Å². The Hall–Kier alpha value is -2.41. The minimum absolute atomic E-state index is 0.677. The van der Waals surface area contributed by atoms with E-state index in [9.17, 15) is 0 Å². The highest BCUT2D eigenvalue weighted by molar-refractivity contribution is 5.79. The number of nitrogens with one attached hydrogen (secondary N) is 2. The van der Waals surface area contributed by atoms with Crippen LogP contribution in [0, 0.1) is 0 Å². The second-order valence-corrected chi connectivity index (χ2v) is 8.02. The average molecular weight is 439 g/mol. The maximum Gasteiger partial charge on any atom is 0.191 e. The molecule has 3 rings (SSSR count). The lowest BCUT2D eigenvalue weighted by Crippen LogP contribution is -2.38. The third kappa shape index (κ3) is 8.99. The highest BCUT2D eigenvalue weighted by atomic mass is 16.5. The van der Waals surface area contributed by atoms with Crippen LogP contribution in [-0.4, -0.2) is 56.9 Å². The first-order valence-electron chi connectivity index (χ1n) is 11.9. The van der Waals surface area contributed by atoms with Crippen LogP contribution in [0.1, 0.15) is 36.5 Å². The van der Waals surface area contributed by atoms with Gasteiger partial charge in [0.05, 0.1) is 26.4 Å². The Bertz CT molecular complexity index is 791. The monoisotopic (exact) mass is 438 g/mol. The van der Waals surface area contributed by atoms with Gasteiger partial charge < -0.3 is 20.1 Å². The van der Waals surface area contributed by atoms with Crippen molar-refractivity contribution in [2.45, 2.75) is 39.5 Å². The van der Waals surface area contributed by atoms with Crippen molar-refractivity contribution in [1.82, 2.24) is 15.5 Å². The van der Waals surface area contributed by atoms with E-state index in [2.05, 4.69) is 58.9 Å². The molecular weight excluding hydrogens is 400 g/mol. The molecule has 1 aliphatic heterocycles. The smallest absolute Gasteiger partial charge is 0.191 e. The third-order valence-corrected chi connectivity index (χ3v) is 5.49. The van der Waals surface area contributed by atoms with Gasteiger partial charge in [0.1, 0.15) is 0 Å². The van der Waals surface area contributed by atoms with E-state index in [0.717, 1.165) is 71.3 Å². The number of unbranched alkanes of at least 4 members (excludes halogenated alkanes) is 1. The standard InChI is InChI=1S/C26H38N4O2/c1-2-27-26(28-14-8-9-17-32-22-23-10-4-3-5-11-23)29-20-24-12-6-7-13-25(24)21-30-15-18-31-19-16-30/h3-7,10-13H,2,8-9,14-22H2,1H3,(H2,27,28,29). The third-order valence-electron chi connectivity index (χ3n) is 5.49. The van der Waals surface area contributed by atoms with Crippen LogP contribution in [0.15, 0.2) is 59.6 Å². The SMILES string of the molecule is CCNC(=NCc1ccccc1CN1CCOCC1)NCCCCOCc1ccccc1. The second-order valence-electron chi connectivity index (χ2n) is 8.02. The van der Waals surface area contributed by atoms with Gasteiger partial charge in [-0.05, 0) is 36.5 Å². The van der Waals surface area contributed by atoms with Crippen molar-refractivity contribution in [2.24, 2.45) is 4.99 Å². The van der Waals surface area contributed by atoms with E-state index < -0.39 is 0 Å². The molecule has 1 heterocycles. The zero-order valence-electron chi connectivity index (χ0n) is 19.4. The van der Waals surface area contributed by atoms with Gasteiger partial charge in [-0.1, -0.05) is 54.6 Å². The summed E-state index contributed by atoms with van der Waals surface area (Å²) in [6.45, 7) is 10.6. The molecule has 0 unspecified atom stereocenters. The van der Waals surface area contributed by atoms with Gasteiger partial charge in [-0.3, -0.25) is 4.90 Å². The molecule has 0 bridgehead atoms. The number of rotatable bonds is 12. The highest BCUT2D eigenvalue weighted by Gasteiger charge is 2.12. The van der Waals surface area contributed by atoms with Crippen LogP contribution in [-0.2, 0) is 29.2 Å². The first kappa shape index (κ1) is 24.2. The number of ether oxygens (including phenoxy) is 2. The summed E-state index contributed by atoms with van der Waals surface area (Å²) in [6.07, 6.45) is 2.08. The van der Waals surface area contributed by atoms with Crippen LogP contribution < -0.4 is 10.6 Å². The highest BCUT2D eigenvalue weighted by Crippen LogP contribution is 2.14. The molecule has 0 atom stereocenters. The van der Waals surface area contributed by atoms with Crippen molar-refractivity contribution in [3.63, 3.8) is 0 Å². The van der Waals surface area contributed by atoms with Crippen LogP contribution in [0.2, 0.25) is 0 Å². The molecular formula is C26H38N4O2. The predicted molar refractivity (Wildman–Crippen MR) is 131 cm³/mol. The lowest BCUT2D eigenvalue weighted by atomic mass is 10.1. The molecule has 32 heavy (non-hydrogen) atoms. The number of benzene rings is 2. The minimum atomic E-state index is 0.677. The Balaban J connectivity index is 1.39. The number of aliphatic imine (C=N–C) groups is 1. The fourth-order valence-electron chi connectivity index (χ4n) is 3.67. The zero-order chi connectivity index (χ0) is 22.3. The molecule has 2 aromatic carbocycles. The molecule has 1 saturated heterocycles. The van der Waals surface area contributed by atoms with Crippen LogP contribution in [0.25, 0.3) is 0 Å². The lowest BCUT2D eigenvalue weighted by Gasteiger charge is -2.27. The molecule has 1 fully saturated rings. The number of morpholine rings is 1. The Kier molecular flexibility index (Phi) is 11.1. The Morgan fingerprint density at radius 3 is 2.50 bits per heavy atom. The summed E-state index contributed by atoms with van der Waals surface area (Å²) in [5.41, 5.74) is 3.86. The summed E-state index contributed by atoms with van der Waals surface area (Å²) in [6, 6.07) is 18.9. The molecule has 0 radical (unpaired) electrons. The zero-order valence-corrected chi connectivity index (χ0v) is 19.4. The Labute approximate surface area is 193 Å². The van der Waals surface area contributed by atoms with Crippen molar-refractivity contribution >= 4 is 5.96 Å². The van der Waals surface area contributed by atoms with E-state index in [1.165, 1.54) is 16.7 Å². The van der Waals surface area contributed by atoms with Gasteiger partial charge in [0.25, 0.3) is 0 Å². The van der Waals surface area contributed by atoms with Gasteiger partial charge in [0.15, 0.2) is 5.96 Å². The fraction of sp³-hybridized carbons (Fsp3) is 0.500. The number of nitrogens with zero attached hydrogens (tertiary/aromatic N) is 2. The Morgan fingerprint density at radius 2 is 1.72 bits per heavy atom. The van der Waals surface area contributed by atoms with Gasteiger partial charge in [-0.15, -0.1) is 0 Å². The van der Waals surface area contributed by atoms with E-state index in [0.29, 0.717) is 13.2 Å². The molecule has 0 spiro atoms. The predicted octanol–water partition coefficient (Wildman–Crippen LogP) is 3.57. The van der Waals surface area contributed by atoms with E-state index in [1.54, 1.807) is 0 Å². The van der Waals surface area contributed by atoms with Gasteiger partial charge in [-0.2, -0.15) is 0 Å². The van der Waals surface area contributed by atoms with Crippen molar-refractivity contribution in [1.29, 1.82) is 0 Å². The van der Waals surface area contributed by atoms with Crippen molar-refractivity contribution < 1.29 is 9.47 Å². The summed E-state index contributed by atoms with van der Waals surface area (Å²) < 4.78 is 11.2. The molecule has 6 nitrogen and oxygen atoms in total. The molecule has 0 saturated carbocycles. The summed E-state index contributed by atoms with van der Waals surface area (Å²) in [5.74, 6) is 0.874. The summed E-state index contributed by atoms with van der Waals surface area (Å²) >= 11 is 0. The lowest BCUT2D eigenvalue weighted by molar-refractivity contribution is 0.0341. The van der Waals surface area contributed by atoms with Crippen LogP contribution in [0.3, 0.4) is 0 Å². The van der Waals surface area contributed by atoms with Gasteiger partial charge in [-0.25, -0.2) is 4.99 Å². The average Bonchev–Trinajstić information content (AvgIpc) is 2.84. The molecule has 0 aromatic heterocycles. The molecule has 0 aliphatic carbocycles. The van der Waals surface area contributed by atoms with Gasteiger partial charge >= 0.3 is 0 Å². The number of hydrogen-bond donors (Lipinski definition) is 2. The summed E-state index contributed by atoms with van der Waals surface area (Å²) in [7, 11) is 0. The normalized spacial score (nSPS) is 15.0. The van der Waals surface area contributed by atoms with Gasteiger partial charge in [0, 0.05) is 39.3 Å². The molecule has 2 aromatic rings. The largest absolute Gasteiger partial charge is 0.379 e. The molecule has 0 amide bonds. The maximum atomic E-state index is 5.77. The molecule has 6 heteroatoms. The van der Waals surface area contributed by atoms with Crippen LogP contribution in [0.5, 0.6) is 0 Å². The summed E-state index contributed by atoms with van der Waals surface area (Å²) in [5, 5.41) is 6.81. The minimum Gasteiger partial charge on any atom is -0.379 e. The number of guanidine groups is 1. The summed E-state index contributed by atoms with van der Waals surface area (Å²) in [4.78, 5) is 7.28. The topological polar surface area (TPSA) is 58.1 Å². The van der Waals surface area contributed by atoms with E-state index >= 15 is 0 Å². The molecule has 174 valence electrons. The second kappa shape index (κ2) is 14.6. The molecule has 2 N–H and O–H groups in total. The quantitative estimate of drug-likeness (QED) is 0.301. The van der Waals surface area contributed by atoms with Crippen molar-refractivity contribution in [3.05, 3.63) is 71.3 Å². The first-order chi connectivity index (χ1) is 15.8. The molecule has 1 aliphatic rings. The van der Waals surface area contributed by atoms with Crippen LogP contribution >= 0.6 is 0 Å². The maximum absolute atomic E-state index is 5.77. The van der Waals surface area contributed by atoms with Crippen molar-refractivity contribution in [2.75, 3.05) is 46.0 Å². The number of hydrogen-bond acceptors (Lipinski definition) is 4. The van der Waals surface area contributed by atoms with Crippen molar-refractivity contribution in [3.8, 4) is 0 Å². The Morgan fingerprint density at radius 1 is 0.969 bits per heavy atom. The van der Waals surface area contributed by atoms with E-state index in [-0.39, 0.29) is 0 Å². The fourth-order valence-corrected chi connectivity index (χ4v) is 3.67. The first-order valence-corrected chi connectivity index (χ1v) is 11.9. The van der Waals surface area contributed by atoms with E-state index in [4.69, 9.17) is 14.5 Å². The van der Waals surface area contributed by atoms with Crippen LogP contribution in [0.4, 0.5) is 0 Å². The van der Waals surface area contributed by atoms with Gasteiger partial charge in [0.2, 0.25) is 0 Å².